The van der Waals surface area contributed by atoms with Crippen LogP contribution in [-0.4, -0.2) is 30.9 Å². The fourth-order valence-electron chi connectivity index (χ4n) is 0.510. The van der Waals surface area contributed by atoms with Crippen LogP contribution < -0.4 is 0 Å². The van der Waals surface area contributed by atoms with Gasteiger partial charge in [-0.25, -0.2) is 0 Å². The first kappa shape index (κ1) is 8.05. The van der Waals surface area contributed by atoms with E-state index in [4.69, 9.17) is 10.00 Å². The molecule has 0 saturated carbocycles. The quantitative estimate of drug-likeness (QED) is 0.418. The molecule has 0 aliphatic carbocycles. The van der Waals surface area contributed by atoms with Gasteiger partial charge in [-0.3, -0.25) is 0 Å². The van der Waals surface area contributed by atoms with Gasteiger partial charge in [-0.2, -0.15) is 0 Å². The van der Waals surface area contributed by atoms with Crippen molar-refractivity contribution in [2.75, 3.05) is 13.2 Å². The Morgan fingerprint density at radius 2 is 1.75 bits per heavy atom. The molecule has 0 radical (unpaired) electrons. The van der Waals surface area contributed by atoms with Gasteiger partial charge in [0, 0.05) is 13.2 Å². The monoisotopic (exact) mass is 105 g/mol. The van der Waals surface area contributed by atoms with E-state index in [1.54, 1.807) is 4.74 Å². The van der Waals surface area contributed by atoms with E-state index >= 15 is 0 Å². The van der Waals surface area contributed by atoms with E-state index in [0.717, 1.165) is 13.2 Å². The minimum atomic E-state index is 1.00. The van der Waals surface area contributed by atoms with Crippen molar-refractivity contribution < 1.29 is 4.74 Å². The Bertz CT molecular complexity index is 67.4. The molecule has 0 N–H and O–H groups in total. The Morgan fingerprint density at radius 3 is 1.88 bits per heavy atom. The first-order valence-electron chi connectivity index (χ1n) is 2.80. The van der Waals surface area contributed by atoms with E-state index in [-0.39, 0.29) is 0 Å². The molecule has 3 heteroatoms. The number of nitrogens with zero attached hydrogens (tertiary/aromatic N) is 1. The summed E-state index contributed by atoms with van der Waals surface area (Å²) in [7, 11) is 0. The number of nitriles is 1. The van der Waals surface area contributed by atoms with E-state index in [9.17, 15) is 0 Å². The van der Waals surface area contributed by atoms with Gasteiger partial charge in [0.05, 0.1) is 0 Å². The topological polar surface area (TPSA) is 33.0 Å². The van der Waals surface area contributed by atoms with Crippen molar-refractivity contribution in [3.63, 3.8) is 0 Å². The van der Waals surface area contributed by atoms with Crippen molar-refractivity contribution in [1.82, 2.24) is 0 Å². The van der Waals surface area contributed by atoms with Crippen molar-refractivity contribution in [3.8, 4) is 4.74 Å². The van der Waals surface area contributed by atoms with Crippen LogP contribution >= 0.6 is 0 Å². The molecule has 1 heterocycles. The second-order valence-corrected chi connectivity index (χ2v) is 1.54. The average molecular weight is 105 g/mol. The van der Waals surface area contributed by atoms with Crippen molar-refractivity contribution in [2.24, 2.45) is 0 Å². The zero-order chi connectivity index (χ0) is 6.24. The number of ether oxygens (including phenoxy) is 1. The van der Waals surface area contributed by atoms with Gasteiger partial charge in [0.25, 0.3) is 0 Å². The molecule has 0 aromatic rings. The fraction of sp³-hybridized carbons (Fsp3) is 0.800. The van der Waals surface area contributed by atoms with Crippen LogP contribution in [0.2, 0.25) is 0 Å². The van der Waals surface area contributed by atoms with E-state index in [1.807, 2.05) is 0 Å². The molecule has 8 heavy (non-hydrogen) atoms. The van der Waals surface area contributed by atoms with Gasteiger partial charge in [0.2, 0.25) is 0 Å². The number of hydrogen-bond donors (Lipinski definition) is 0. The van der Waals surface area contributed by atoms with Crippen LogP contribution in [0, 0.1) is 10.0 Å². The van der Waals surface area contributed by atoms with Crippen molar-refractivity contribution in [2.45, 2.75) is 12.8 Å². The van der Waals surface area contributed by atoms with Crippen LogP contribution in [0.4, 0.5) is 0 Å². The van der Waals surface area contributed by atoms with Crippen molar-refractivity contribution in [3.05, 3.63) is 0 Å². The number of rotatable bonds is 0. The predicted octanol–water partition coefficient (Wildman–Crippen LogP) is 0.433. The molecule has 1 rings (SSSR count). The van der Waals surface area contributed by atoms with Gasteiger partial charge in [-0.15, -0.1) is 0 Å². The zero-order valence-corrected chi connectivity index (χ0v) is 5.18. The summed E-state index contributed by atoms with van der Waals surface area (Å²) in [6.45, 7) is 2.00. The zero-order valence-electron chi connectivity index (χ0n) is 5.18. The average Bonchev–Trinajstić information content (AvgIpc) is 2.17. The number of hydrogen-bond acceptors (Lipinski definition) is 2. The SMILES string of the molecule is C1CCOC1.[Li][C]#N. The summed E-state index contributed by atoms with van der Waals surface area (Å²) in [5.74, 6) is 0. The third-order valence-corrected chi connectivity index (χ3v) is 0.827. The maximum absolute atomic E-state index is 7.32. The van der Waals surface area contributed by atoms with Crippen LogP contribution in [-0.2, 0) is 4.74 Å². The molecule has 1 aliphatic rings. The molecular formula is C5H8LiNO. The summed E-state index contributed by atoms with van der Waals surface area (Å²) >= 11 is 1.43. The molecule has 1 aliphatic heterocycles. The predicted molar refractivity (Wildman–Crippen MR) is 31.4 cm³/mol. The molecule has 0 amide bonds. The van der Waals surface area contributed by atoms with Crippen LogP contribution in [0.25, 0.3) is 0 Å². The van der Waals surface area contributed by atoms with Gasteiger partial charge in [-0.05, 0) is 12.8 Å². The molecule has 1 saturated heterocycles. The molecule has 0 bridgehead atoms. The summed E-state index contributed by atoms with van der Waals surface area (Å²) < 4.78 is 6.69. The van der Waals surface area contributed by atoms with Gasteiger partial charge < -0.3 is 4.74 Å². The fourth-order valence-corrected chi connectivity index (χ4v) is 0.510. The van der Waals surface area contributed by atoms with Crippen molar-refractivity contribution in [1.29, 1.82) is 5.26 Å². The first-order chi connectivity index (χ1) is 3.91. The maximum atomic E-state index is 7.32. The summed E-state index contributed by atoms with van der Waals surface area (Å²) in [6, 6.07) is 0. The second-order valence-electron chi connectivity index (χ2n) is 1.54. The van der Waals surface area contributed by atoms with Gasteiger partial charge in [-0.1, -0.05) is 0 Å². The Kier molecular flexibility index (Phi) is 7.09. The van der Waals surface area contributed by atoms with E-state index in [2.05, 4.69) is 0 Å². The molecular weight excluding hydrogens is 97.0 g/mol. The summed E-state index contributed by atoms with van der Waals surface area (Å²) in [5, 5.41) is 7.32. The molecule has 2 nitrogen and oxygen atoms in total. The molecule has 1 fully saturated rings. The molecule has 40 valence electrons. The Labute approximate surface area is 59.0 Å². The normalized spacial score (nSPS) is 16.1. The molecule has 0 spiro atoms. The van der Waals surface area contributed by atoms with Crippen LogP contribution in [0.3, 0.4) is 0 Å². The minimum absolute atomic E-state index is 1.00. The Morgan fingerprint density at radius 1 is 1.38 bits per heavy atom. The van der Waals surface area contributed by atoms with Crippen LogP contribution in [0.15, 0.2) is 0 Å². The summed E-state index contributed by atoms with van der Waals surface area (Å²) in [4.78, 5) is 0. The van der Waals surface area contributed by atoms with E-state index < -0.39 is 0 Å². The van der Waals surface area contributed by atoms with Crippen LogP contribution in [0.1, 0.15) is 12.8 Å². The molecule has 0 unspecified atom stereocenters. The van der Waals surface area contributed by atoms with Crippen molar-refractivity contribution >= 4 is 17.7 Å². The van der Waals surface area contributed by atoms with E-state index in [0.29, 0.717) is 0 Å². The third-order valence-electron chi connectivity index (χ3n) is 0.827. The van der Waals surface area contributed by atoms with Crippen LogP contribution in [0.5, 0.6) is 0 Å². The second kappa shape index (κ2) is 7.05. The first-order valence-corrected chi connectivity index (χ1v) is 2.80. The summed E-state index contributed by atoms with van der Waals surface area (Å²) in [5.41, 5.74) is 0. The van der Waals surface area contributed by atoms with E-state index in [1.165, 1.54) is 30.6 Å². The third kappa shape index (κ3) is 6.05. The Balaban J connectivity index is 0.000000145. The standard InChI is InChI=1S/C4H8O.CN.Li/c1-2-4-5-3-1;1-2;/h1-4H2;;. The summed E-state index contributed by atoms with van der Waals surface area (Å²) in [6.07, 6.45) is 2.56. The van der Waals surface area contributed by atoms with Gasteiger partial charge in [0.15, 0.2) is 0 Å². The van der Waals surface area contributed by atoms with Gasteiger partial charge >= 0.3 is 27.7 Å². The molecule has 0 aromatic carbocycles. The Hall–Kier alpha value is 0.0474. The molecule has 0 aromatic heterocycles. The molecule has 0 atom stereocenters. The van der Waals surface area contributed by atoms with Gasteiger partial charge in [0.1, 0.15) is 0 Å².